The molecule has 33 heavy (non-hydrogen) atoms. The Bertz CT molecular complexity index is 1090. The van der Waals surface area contributed by atoms with E-state index in [1.54, 1.807) is 18.2 Å². The number of amides is 1. The first-order valence-electron chi connectivity index (χ1n) is 10.9. The summed E-state index contributed by atoms with van der Waals surface area (Å²) in [6, 6.07) is 21.0. The Morgan fingerprint density at radius 3 is 2.27 bits per heavy atom. The molecule has 1 aliphatic rings. The third-order valence-electron chi connectivity index (χ3n) is 6.10. The van der Waals surface area contributed by atoms with Crippen LogP contribution in [0.4, 0.5) is 10.5 Å². The van der Waals surface area contributed by atoms with Crippen molar-refractivity contribution >= 4 is 11.8 Å². The van der Waals surface area contributed by atoms with Gasteiger partial charge in [0.25, 0.3) is 0 Å². The van der Waals surface area contributed by atoms with Gasteiger partial charge in [-0.05, 0) is 46.4 Å². The molecule has 0 heterocycles. The van der Waals surface area contributed by atoms with Crippen LogP contribution in [0.25, 0.3) is 11.1 Å². The second kappa shape index (κ2) is 10.0. The lowest BCUT2D eigenvalue weighted by Gasteiger charge is -2.19. The van der Waals surface area contributed by atoms with Crippen LogP contribution in [0.1, 0.15) is 40.7 Å². The van der Waals surface area contributed by atoms with Crippen LogP contribution in [-0.2, 0) is 11.3 Å². The summed E-state index contributed by atoms with van der Waals surface area (Å²) in [4.78, 5) is 12.2. The van der Waals surface area contributed by atoms with Crippen LogP contribution in [0.2, 0.25) is 0 Å². The number of hydrogen-bond donors (Lipinski definition) is 5. The molecule has 0 fully saturated rings. The number of fused-ring (bicyclic) bond motifs is 3. The number of aliphatic hydroxyl groups excluding tert-OH is 3. The average Bonchev–Trinajstić information content (AvgIpc) is 3.16. The van der Waals surface area contributed by atoms with Crippen LogP contribution in [0.3, 0.4) is 0 Å². The fraction of sp³-hybridized carbons (Fsp3) is 0.269. The molecule has 1 amide bonds. The highest BCUT2D eigenvalue weighted by molar-refractivity contribution is 5.79. The van der Waals surface area contributed by atoms with Gasteiger partial charge in [0.1, 0.15) is 12.7 Å². The van der Waals surface area contributed by atoms with Crippen molar-refractivity contribution in [3.8, 4) is 11.1 Å². The molecule has 0 aliphatic heterocycles. The van der Waals surface area contributed by atoms with Crippen LogP contribution < -0.4 is 11.1 Å². The molecule has 3 aromatic rings. The number of nitrogens with two attached hydrogens (primary N) is 1. The SMILES string of the molecule is Nc1ccc(C(O)C(O)CCNC(=O)OCC2c3ccccc3-c3ccccc32)cc1CO. The van der Waals surface area contributed by atoms with Crippen molar-refractivity contribution < 1.29 is 24.9 Å². The summed E-state index contributed by atoms with van der Waals surface area (Å²) in [6.07, 6.45) is -2.72. The van der Waals surface area contributed by atoms with Gasteiger partial charge in [-0.15, -0.1) is 0 Å². The van der Waals surface area contributed by atoms with Gasteiger partial charge < -0.3 is 31.1 Å². The summed E-state index contributed by atoms with van der Waals surface area (Å²) in [7, 11) is 0. The van der Waals surface area contributed by atoms with Crippen molar-refractivity contribution in [2.75, 3.05) is 18.9 Å². The summed E-state index contributed by atoms with van der Waals surface area (Å²) >= 11 is 0. The highest BCUT2D eigenvalue weighted by atomic mass is 16.5. The van der Waals surface area contributed by atoms with E-state index in [9.17, 15) is 20.1 Å². The molecule has 0 spiro atoms. The van der Waals surface area contributed by atoms with E-state index in [0.29, 0.717) is 16.8 Å². The predicted molar refractivity (Wildman–Crippen MR) is 125 cm³/mol. The number of nitrogens with one attached hydrogen (secondary N) is 1. The second-order valence-corrected chi connectivity index (χ2v) is 8.17. The normalized spacial score (nSPS) is 14.3. The van der Waals surface area contributed by atoms with E-state index >= 15 is 0 Å². The van der Waals surface area contributed by atoms with Gasteiger partial charge in [0.2, 0.25) is 0 Å². The van der Waals surface area contributed by atoms with Gasteiger partial charge in [-0.3, -0.25) is 0 Å². The summed E-state index contributed by atoms with van der Waals surface area (Å²) in [5, 5.41) is 32.6. The Morgan fingerprint density at radius 1 is 1.00 bits per heavy atom. The molecule has 0 saturated carbocycles. The third kappa shape index (κ3) is 4.85. The van der Waals surface area contributed by atoms with Crippen molar-refractivity contribution in [1.82, 2.24) is 5.32 Å². The molecule has 7 heteroatoms. The molecule has 6 N–H and O–H groups in total. The van der Waals surface area contributed by atoms with Crippen molar-refractivity contribution in [1.29, 1.82) is 0 Å². The standard InChI is InChI=1S/C26H28N2O5/c27-23-10-9-16(13-17(23)14-29)25(31)24(30)11-12-28-26(32)33-15-22-20-7-3-1-5-18(20)19-6-2-4-8-21(19)22/h1-10,13,22,24-25,29-31H,11-12,14-15,27H2,(H,28,32). The van der Waals surface area contributed by atoms with Gasteiger partial charge in [0, 0.05) is 23.7 Å². The van der Waals surface area contributed by atoms with Crippen LogP contribution in [-0.4, -0.2) is 40.7 Å². The highest BCUT2D eigenvalue weighted by Crippen LogP contribution is 2.44. The van der Waals surface area contributed by atoms with Crippen molar-refractivity contribution in [2.45, 2.75) is 31.2 Å². The van der Waals surface area contributed by atoms with Gasteiger partial charge >= 0.3 is 6.09 Å². The van der Waals surface area contributed by atoms with Crippen LogP contribution in [0, 0.1) is 0 Å². The monoisotopic (exact) mass is 448 g/mol. The maximum atomic E-state index is 12.2. The van der Waals surface area contributed by atoms with Crippen LogP contribution in [0.5, 0.6) is 0 Å². The fourth-order valence-electron chi connectivity index (χ4n) is 4.30. The molecule has 2 atom stereocenters. The van der Waals surface area contributed by atoms with Crippen molar-refractivity contribution in [2.24, 2.45) is 0 Å². The van der Waals surface area contributed by atoms with Gasteiger partial charge in [0.05, 0.1) is 12.7 Å². The zero-order valence-electron chi connectivity index (χ0n) is 18.1. The zero-order chi connectivity index (χ0) is 23.4. The summed E-state index contributed by atoms with van der Waals surface area (Å²) in [5.74, 6) is -0.0261. The Kier molecular flexibility index (Phi) is 6.93. The van der Waals surface area contributed by atoms with Gasteiger partial charge in [0.15, 0.2) is 0 Å². The van der Waals surface area contributed by atoms with Crippen molar-refractivity contribution in [3.63, 3.8) is 0 Å². The Morgan fingerprint density at radius 2 is 1.64 bits per heavy atom. The lowest BCUT2D eigenvalue weighted by atomic mass is 9.98. The molecule has 1 aliphatic carbocycles. The number of anilines is 1. The summed E-state index contributed by atoms with van der Waals surface area (Å²) in [6.45, 7) is 0.0863. The summed E-state index contributed by atoms with van der Waals surface area (Å²) < 4.78 is 5.47. The van der Waals surface area contributed by atoms with Crippen LogP contribution in [0.15, 0.2) is 66.7 Å². The number of aliphatic hydroxyl groups is 3. The molecule has 4 rings (SSSR count). The van der Waals surface area contributed by atoms with E-state index in [1.165, 1.54) is 0 Å². The number of nitrogen functional groups attached to an aromatic ring is 1. The maximum absolute atomic E-state index is 12.2. The van der Waals surface area contributed by atoms with Crippen molar-refractivity contribution in [3.05, 3.63) is 89.0 Å². The quantitative estimate of drug-likeness (QED) is 0.337. The number of hydrogen-bond acceptors (Lipinski definition) is 6. The number of benzene rings is 3. The molecular formula is C26H28N2O5. The van der Waals surface area contributed by atoms with E-state index in [4.69, 9.17) is 10.5 Å². The lowest BCUT2D eigenvalue weighted by molar-refractivity contribution is 0.0136. The first kappa shape index (κ1) is 22.8. The topological polar surface area (TPSA) is 125 Å². The molecule has 0 bridgehead atoms. The molecule has 0 aromatic heterocycles. The lowest BCUT2D eigenvalue weighted by Crippen LogP contribution is -2.30. The number of alkyl carbamates (subject to hydrolysis) is 1. The fourth-order valence-corrected chi connectivity index (χ4v) is 4.30. The predicted octanol–water partition coefficient (Wildman–Crippen LogP) is 3.08. The first-order chi connectivity index (χ1) is 16.0. The van der Waals surface area contributed by atoms with Gasteiger partial charge in [-0.1, -0.05) is 54.6 Å². The van der Waals surface area contributed by atoms with E-state index in [1.807, 2.05) is 24.3 Å². The highest BCUT2D eigenvalue weighted by Gasteiger charge is 2.29. The van der Waals surface area contributed by atoms with Gasteiger partial charge in [-0.25, -0.2) is 4.79 Å². The van der Waals surface area contributed by atoms with E-state index < -0.39 is 18.3 Å². The molecule has 3 aromatic carbocycles. The first-order valence-corrected chi connectivity index (χ1v) is 10.9. The molecule has 7 nitrogen and oxygen atoms in total. The minimum atomic E-state index is -1.17. The number of rotatable bonds is 8. The number of ether oxygens (including phenoxy) is 1. The number of carbonyl (C=O) groups excluding carboxylic acids is 1. The third-order valence-corrected chi connectivity index (χ3v) is 6.10. The Balaban J connectivity index is 1.28. The van der Waals surface area contributed by atoms with E-state index in [-0.39, 0.29) is 32.1 Å². The Hall–Kier alpha value is -3.39. The molecule has 172 valence electrons. The molecule has 2 unspecified atom stereocenters. The molecular weight excluding hydrogens is 420 g/mol. The number of carbonyl (C=O) groups is 1. The second-order valence-electron chi connectivity index (χ2n) is 8.17. The minimum Gasteiger partial charge on any atom is -0.449 e. The summed E-state index contributed by atoms with van der Waals surface area (Å²) in [5.41, 5.74) is 11.7. The smallest absolute Gasteiger partial charge is 0.407 e. The minimum absolute atomic E-state index is 0.0261. The molecule has 0 radical (unpaired) electrons. The van der Waals surface area contributed by atoms with E-state index in [2.05, 4.69) is 29.6 Å². The maximum Gasteiger partial charge on any atom is 0.407 e. The van der Waals surface area contributed by atoms with Gasteiger partial charge in [-0.2, -0.15) is 0 Å². The molecule has 0 saturated heterocycles. The van der Waals surface area contributed by atoms with E-state index in [0.717, 1.165) is 22.3 Å². The zero-order valence-corrected chi connectivity index (χ0v) is 18.1. The Labute approximate surface area is 192 Å². The van der Waals surface area contributed by atoms with Crippen LogP contribution >= 0.6 is 0 Å². The average molecular weight is 449 g/mol. The largest absolute Gasteiger partial charge is 0.449 e.